The zero-order valence-corrected chi connectivity index (χ0v) is 21.7. The van der Waals surface area contributed by atoms with Crippen LogP contribution < -0.4 is 4.74 Å². The lowest BCUT2D eigenvalue weighted by molar-refractivity contribution is -0.120. The first-order valence-corrected chi connectivity index (χ1v) is 12.6. The van der Waals surface area contributed by atoms with Crippen molar-refractivity contribution in [3.8, 4) is 5.75 Å². The van der Waals surface area contributed by atoms with Gasteiger partial charge in [0.2, 0.25) is 0 Å². The molecule has 2 aliphatic carbocycles. The number of carbonyl (C=O) groups excluding carboxylic acids is 2. The predicted octanol–water partition coefficient (Wildman–Crippen LogP) is 7.11. The number of ketones is 2. The van der Waals surface area contributed by atoms with Crippen LogP contribution >= 0.6 is 0 Å². The van der Waals surface area contributed by atoms with E-state index in [-0.39, 0.29) is 34.8 Å². The number of hydrogen-bond acceptors (Lipinski definition) is 4. The van der Waals surface area contributed by atoms with Gasteiger partial charge in [0.1, 0.15) is 18.1 Å². The minimum absolute atomic E-state index is 0.0317. The molecule has 5 heteroatoms. The van der Waals surface area contributed by atoms with Crippen LogP contribution in [0.5, 0.6) is 5.75 Å². The van der Waals surface area contributed by atoms with Gasteiger partial charge in [0.25, 0.3) is 0 Å². The summed E-state index contributed by atoms with van der Waals surface area (Å²) in [6.07, 6.45) is 1.95. The van der Waals surface area contributed by atoms with E-state index in [0.717, 1.165) is 11.1 Å². The van der Waals surface area contributed by atoms with Crippen LogP contribution in [0.2, 0.25) is 0 Å². The third-order valence-electron chi connectivity index (χ3n) is 7.52. The predicted molar refractivity (Wildman–Crippen MR) is 136 cm³/mol. The SMILES string of the molecule is Cc1ccccc1COc1ccc(C2C3=C(CC(C)(C)CC3=O)OC3=C2C(=O)CC(C)(C)C3)cc1F. The van der Waals surface area contributed by atoms with E-state index in [9.17, 15) is 9.59 Å². The molecule has 2 aromatic carbocycles. The minimum atomic E-state index is -0.615. The molecular weight excluding hydrogens is 455 g/mol. The summed E-state index contributed by atoms with van der Waals surface area (Å²) in [7, 11) is 0. The molecule has 0 fully saturated rings. The first kappa shape index (κ1) is 24.5. The van der Waals surface area contributed by atoms with Crippen molar-refractivity contribution in [3.63, 3.8) is 0 Å². The van der Waals surface area contributed by atoms with Gasteiger partial charge in [-0.05, 0) is 46.6 Å². The van der Waals surface area contributed by atoms with Crippen molar-refractivity contribution in [2.45, 2.75) is 72.8 Å². The molecule has 3 aliphatic rings. The second-order valence-electron chi connectivity index (χ2n) is 12.0. The summed E-state index contributed by atoms with van der Waals surface area (Å²) >= 11 is 0. The largest absolute Gasteiger partial charge is 0.486 e. The van der Waals surface area contributed by atoms with Crippen LogP contribution in [-0.2, 0) is 20.9 Å². The molecule has 188 valence electrons. The maximum Gasteiger partial charge on any atom is 0.165 e. The van der Waals surface area contributed by atoms with Gasteiger partial charge in [-0.1, -0.05) is 58.0 Å². The van der Waals surface area contributed by atoms with Gasteiger partial charge in [-0.2, -0.15) is 0 Å². The lowest BCUT2D eigenvalue weighted by Gasteiger charge is -2.42. The summed E-state index contributed by atoms with van der Waals surface area (Å²) in [5.41, 5.74) is 3.20. The van der Waals surface area contributed by atoms with Crippen LogP contribution in [0.15, 0.2) is 65.1 Å². The summed E-state index contributed by atoms with van der Waals surface area (Å²) in [5.74, 6) is 0.215. The van der Waals surface area contributed by atoms with Crippen LogP contribution in [0.25, 0.3) is 0 Å². The number of halogens is 1. The van der Waals surface area contributed by atoms with Gasteiger partial charge in [0.15, 0.2) is 23.1 Å². The molecule has 0 N–H and O–H groups in total. The molecule has 0 aromatic heterocycles. The molecule has 0 unspecified atom stereocenters. The van der Waals surface area contributed by atoms with E-state index in [1.165, 1.54) is 6.07 Å². The van der Waals surface area contributed by atoms with Gasteiger partial charge in [-0.25, -0.2) is 4.39 Å². The average Bonchev–Trinajstić information content (AvgIpc) is 2.76. The molecule has 0 spiro atoms. The van der Waals surface area contributed by atoms with Gasteiger partial charge in [-0.3, -0.25) is 9.59 Å². The van der Waals surface area contributed by atoms with Gasteiger partial charge in [-0.15, -0.1) is 0 Å². The van der Waals surface area contributed by atoms with Gasteiger partial charge >= 0.3 is 0 Å². The molecule has 0 radical (unpaired) electrons. The highest BCUT2D eigenvalue weighted by Crippen LogP contribution is 2.53. The van der Waals surface area contributed by atoms with Crippen LogP contribution in [0.3, 0.4) is 0 Å². The molecule has 1 heterocycles. The molecule has 0 amide bonds. The number of ether oxygens (including phenoxy) is 2. The minimum Gasteiger partial charge on any atom is -0.486 e. The standard InChI is InChI=1S/C31H33FO4/c1-18-8-6-7-9-20(18)17-35-24-11-10-19(12-21(24)32)27-28-22(33)13-30(2,3)15-25(28)36-26-16-31(4,5)14-23(34)29(26)27/h6-12,27H,13-17H2,1-5H3. The highest BCUT2D eigenvalue weighted by atomic mass is 19.1. The average molecular weight is 489 g/mol. The summed E-state index contributed by atoms with van der Waals surface area (Å²) in [6, 6.07) is 12.6. The Morgan fingerprint density at radius 3 is 2.03 bits per heavy atom. The Morgan fingerprint density at radius 1 is 0.889 bits per heavy atom. The van der Waals surface area contributed by atoms with Crippen LogP contribution in [0, 0.1) is 23.6 Å². The molecule has 2 aromatic rings. The number of allylic oxidation sites excluding steroid dienone is 4. The Morgan fingerprint density at radius 2 is 1.47 bits per heavy atom. The molecule has 0 atom stereocenters. The van der Waals surface area contributed by atoms with Crippen molar-refractivity contribution >= 4 is 11.6 Å². The fourth-order valence-electron chi connectivity index (χ4n) is 5.75. The Kier molecular flexibility index (Phi) is 5.93. The summed E-state index contributed by atoms with van der Waals surface area (Å²) in [4.78, 5) is 26.8. The number of carbonyl (C=O) groups is 2. The van der Waals surface area contributed by atoms with E-state index in [2.05, 4.69) is 0 Å². The summed E-state index contributed by atoms with van der Waals surface area (Å²) in [6.45, 7) is 10.4. The lowest BCUT2D eigenvalue weighted by Crippen LogP contribution is -2.37. The molecule has 4 nitrogen and oxygen atoms in total. The summed E-state index contributed by atoms with van der Waals surface area (Å²) in [5, 5.41) is 0. The van der Waals surface area contributed by atoms with Gasteiger partial charge < -0.3 is 9.47 Å². The molecule has 0 saturated heterocycles. The molecule has 0 bridgehead atoms. The fourth-order valence-corrected chi connectivity index (χ4v) is 5.75. The van der Waals surface area contributed by atoms with Crippen molar-refractivity contribution in [3.05, 3.63) is 87.6 Å². The smallest absolute Gasteiger partial charge is 0.165 e. The van der Waals surface area contributed by atoms with Crippen molar-refractivity contribution in [2.24, 2.45) is 10.8 Å². The zero-order valence-electron chi connectivity index (χ0n) is 21.7. The number of Topliss-reactive ketones (excluding diaryl/α,β-unsaturated/α-hetero) is 2. The molecule has 0 saturated carbocycles. The second-order valence-corrected chi connectivity index (χ2v) is 12.0. The number of hydrogen-bond donors (Lipinski definition) is 0. The van der Waals surface area contributed by atoms with E-state index in [1.54, 1.807) is 12.1 Å². The normalized spacial score (nSPS) is 21.2. The van der Waals surface area contributed by atoms with Crippen LogP contribution in [-0.4, -0.2) is 11.6 Å². The van der Waals surface area contributed by atoms with E-state index in [4.69, 9.17) is 9.47 Å². The van der Waals surface area contributed by atoms with Gasteiger partial charge in [0, 0.05) is 42.7 Å². The third-order valence-corrected chi connectivity index (χ3v) is 7.52. The zero-order chi connectivity index (χ0) is 25.8. The second kappa shape index (κ2) is 8.72. The number of aryl methyl sites for hydroxylation is 1. The molecule has 5 rings (SSSR count). The van der Waals surface area contributed by atoms with Gasteiger partial charge in [0.05, 0.1) is 0 Å². The molecule has 1 aliphatic heterocycles. The maximum atomic E-state index is 15.3. The maximum absolute atomic E-state index is 15.3. The monoisotopic (exact) mass is 488 g/mol. The summed E-state index contributed by atoms with van der Waals surface area (Å²) < 4.78 is 27.4. The highest BCUT2D eigenvalue weighted by Gasteiger charge is 2.47. The Labute approximate surface area is 212 Å². The van der Waals surface area contributed by atoms with E-state index < -0.39 is 11.7 Å². The Hall–Kier alpha value is -3.21. The van der Waals surface area contributed by atoms with E-state index in [0.29, 0.717) is 53.9 Å². The lowest BCUT2D eigenvalue weighted by atomic mass is 9.65. The van der Waals surface area contributed by atoms with Crippen LogP contribution in [0.1, 0.15) is 76.0 Å². The van der Waals surface area contributed by atoms with E-state index in [1.807, 2.05) is 58.9 Å². The number of rotatable bonds is 4. The van der Waals surface area contributed by atoms with Crippen molar-refractivity contribution in [1.82, 2.24) is 0 Å². The Balaban J connectivity index is 1.54. The van der Waals surface area contributed by atoms with Crippen molar-refractivity contribution < 1.29 is 23.5 Å². The van der Waals surface area contributed by atoms with Crippen molar-refractivity contribution in [1.29, 1.82) is 0 Å². The first-order valence-electron chi connectivity index (χ1n) is 12.6. The molecular formula is C31H33FO4. The quantitative estimate of drug-likeness (QED) is 0.460. The Bertz CT molecular complexity index is 1280. The molecule has 36 heavy (non-hydrogen) atoms. The highest BCUT2D eigenvalue weighted by molar-refractivity contribution is 6.06. The number of benzene rings is 2. The topological polar surface area (TPSA) is 52.6 Å². The third kappa shape index (κ3) is 4.52. The first-order chi connectivity index (χ1) is 16.9. The van der Waals surface area contributed by atoms with Crippen LogP contribution in [0.4, 0.5) is 4.39 Å². The van der Waals surface area contributed by atoms with E-state index >= 15 is 4.39 Å². The van der Waals surface area contributed by atoms with Crippen molar-refractivity contribution in [2.75, 3.05) is 0 Å². The fraction of sp³-hybridized carbons (Fsp3) is 0.419.